The molecule has 1 atom stereocenters. The van der Waals surface area contributed by atoms with Crippen LogP contribution >= 0.6 is 23.2 Å². The van der Waals surface area contributed by atoms with Crippen LogP contribution in [0.2, 0.25) is 5.02 Å². The Morgan fingerprint density at radius 1 is 1.03 bits per heavy atom. The average molecular weight is 459 g/mol. The van der Waals surface area contributed by atoms with Crippen LogP contribution in [0.3, 0.4) is 0 Å². The highest BCUT2D eigenvalue weighted by Gasteiger charge is 2.16. The van der Waals surface area contributed by atoms with Crippen LogP contribution in [0.15, 0.2) is 60.7 Å². The van der Waals surface area contributed by atoms with Crippen LogP contribution in [-0.4, -0.2) is 27.7 Å². The second-order valence-corrected chi connectivity index (χ2v) is 7.59. The maximum Gasteiger partial charge on any atom is 0.177 e. The monoisotopic (exact) mass is 458 g/mol. The van der Waals surface area contributed by atoms with E-state index in [2.05, 4.69) is 0 Å². The van der Waals surface area contributed by atoms with E-state index in [9.17, 15) is 19.8 Å². The molecule has 1 unspecified atom stereocenters. The van der Waals surface area contributed by atoms with Crippen LogP contribution in [0.1, 0.15) is 50.4 Å². The minimum absolute atomic E-state index is 0.0221. The number of aromatic hydroxyl groups is 1. The zero-order valence-corrected chi connectivity index (χ0v) is 18.2. The first kappa shape index (κ1) is 22.8. The molecule has 0 aliphatic carbocycles. The fourth-order valence-corrected chi connectivity index (χ4v) is 3.42. The molecule has 2 N–H and O–H groups in total. The molecule has 0 saturated carbocycles. The van der Waals surface area contributed by atoms with Crippen molar-refractivity contribution in [1.82, 2.24) is 0 Å². The van der Waals surface area contributed by atoms with E-state index in [4.69, 9.17) is 27.9 Å². The van der Waals surface area contributed by atoms with Gasteiger partial charge < -0.3 is 14.9 Å². The highest BCUT2D eigenvalue weighted by Crippen LogP contribution is 2.36. The predicted octanol–water partition coefficient (Wildman–Crippen LogP) is 5.33. The van der Waals surface area contributed by atoms with Gasteiger partial charge in [0.05, 0.1) is 11.4 Å². The smallest absolute Gasteiger partial charge is 0.177 e. The van der Waals surface area contributed by atoms with Crippen molar-refractivity contribution in [3.63, 3.8) is 0 Å². The summed E-state index contributed by atoms with van der Waals surface area (Å²) in [6.45, 7) is 1.52. The van der Waals surface area contributed by atoms with Gasteiger partial charge in [-0.1, -0.05) is 54.1 Å². The third-order valence-electron chi connectivity index (χ3n) is 4.80. The highest BCUT2D eigenvalue weighted by atomic mass is 35.5. The van der Waals surface area contributed by atoms with Crippen LogP contribution < -0.4 is 4.74 Å². The fraction of sp³-hybridized carbons (Fsp3) is 0.167. The van der Waals surface area contributed by atoms with E-state index in [1.165, 1.54) is 19.1 Å². The molecule has 0 amide bonds. The lowest BCUT2D eigenvalue weighted by Crippen LogP contribution is -2.05. The number of halogens is 2. The summed E-state index contributed by atoms with van der Waals surface area (Å²) < 4.78 is 5.66. The van der Waals surface area contributed by atoms with Crippen LogP contribution in [0.5, 0.6) is 11.5 Å². The van der Waals surface area contributed by atoms with Crippen molar-refractivity contribution in [2.45, 2.75) is 19.6 Å². The summed E-state index contributed by atoms with van der Waals surface area (Å²) in [7, 11) is 0. The van der Waals surface area contributed by atoms with Crippen molar-refractivity contribution in [1.29, 1.82) is 0 Å². The zero-order valence-electron chi connectivity index (χ0n) is 16.6. The number of phenolic OH excluding ortho intramolecular Hbond substituents is 1. The molecular formula is C24H20Cl2O5. The van der Waals surface area contributed by atoms with E-state index in [0.717, 1.165) is 5.56 Å². The molecule has 3 aromatic carbocycles. The van der Waals surface area contributed by atoms with Crippen LogP contribution in [0.4, 0.5) is 0 Å². The summed E-state index contributed by atoms with van der Waals surface area (Å²) in [5, 5.41) is 20.7. The van der Waals surface area contributed by atoms with E-state index < -0.39 is 6.10 Å². The van der Waals surface area contributed by atoms with E-state index >= 15 is 0 Å². The molecule has 0 radical (unpaired) electrons. The molecule has 3 rings (SSSR count). The van der Waals surface area contributed by atoms with Gasteiger partial charge in [0.25, 0.3) is 0 Å². The molecule has 0 fully saturated rings. The van der Waals surface area contributed by atoms with E-state index in [1.54, 1.807) is 48.5 Å². The van der Waals surface area contributed by atoms with Crippen LogP contribution in [-0.2, 0) is 6.61 Å². The molecule has 0 bridgehead atoms. The molecule has 0 aliphatic heterocycles. The Morgan fingerprint density at radius 3 is 2.39 bits per heavy atom. The number of rotatable bonds is 8. The largest absolute Gasteiger partial charge is 0.505 e. The Bertz CT molecular complexity index is 1110. The maximum absolute atomic E-state index is 11.8. The fourth-order valence-electron chi connectivity index (χ4n) is 3.05. The summed E-state index contributed by atoms with van der Waals surface area (Å²) >= 11 is 11.7. The van der Waals surface area contributed by atoms with Crippen LogP contribution in [0.25, 0.3) is 0 Å². The Balaban J connectivity index is 1.70. The standard InChI is InChI=1S/C24H20Cl2O5/c1-14(27)19-9-10-21(22(26)24(19)30)31-13-15-5-7-16(8-6-15)23(29)18-4-2-3-17(11-18)20(28)12-25/h2-11,23,29-30H,12-13H2,1H3. The van der Waals surface area contributed by atoms with Crippen molar-refractivity contribution in [2.75, 3.05) is 5.88 Å². The molecule has 31 heavy (non-hydrogen) atoms. The van der Waals surface area contributed by atoms with Gasteiger partial charge in [0.1, 0.15) is 29.2 Å². The van der Waals surface area contributed by atoms with E-state index in [0.29, 0.717) is 16.7 Å². The molecule has 5 nitrogen and oxygen atoms in total. The van der Waals surface area contributed by atoms with Crippen molar-refractivity contribution < 1.29 is 24.5 Å². The summed E-state index contributed by atoms with van der Waals surface area (Å²) in [4.78, 5) is 23.2. The first-order valence-corrected chi connectivity index (χ1v) is 10.3. The van der Waals surface area contributed by atoms with Crippen molar-refractivity contribution in [2.24, 2.45) is 0 Å². The number of ether oxygens (including phenoxy) is 1. The van der Waals surface area contributed by atoms with Gasteiger partial charge >= 0.3 is 0 Å². The first-order valence-electron chi connectivity index (χ1n) is 9.43. The van der Waals surface area contributed by atoms with E-state index in [1.807, 2.05) is 0 Å². The first-order chi connectivity index (χ1) is 14.8. The number of Topliss-reactive ketones (excluding diaryl/α,β-unsaturated/α-hetero) is 2. The van der Waals surface area contributed by atoms with Gasteiger partial charge in [-0.25, -0.2) is 0 Å². The molecule has 7 heteroatoms. The lowest BCUT2D eigenvalue weighted by atomic mass is 9.98. The summed E-state index contributed by atoms with van der Waals surface area (Å²) in [6.07, 6.45) is -0.899. The van der Waals surface area contributed by atoms with Crippen LogP contribution in [0, 0.1) is 0 Å². The minimum Gasteiger partial charge on any atom is -0.505 e. The third-order valence-corrected chi connectivity index (χ3v) is 5.40. The Kier molecular flexibility index (Phi) is 7.33. The number of aliphatic hydroxyl groups excluding tert-OH is 1. The van der Waals surface area contributed by atoms with Gasteiger partial charge in [-0.05, 0) is 41.8 Å². The van der Waals surface area contributed by atoms with Gasteiger partial charge in [-0.2, -0.15) is 0 Å². The average Bonchev–Trinajstić information content (AvgIpc) is 2.79. The predicted molar refractivity (Wildman–Crippen MR) is 119 cm³/mol. The maximum atomic E-state index is 11.8. The molecule has 160 valence electrons. The molecule has 0 saturated heterocycles. The SMILES string of the molecule is CC(=O)c1ccc(OCc2ccc(C(O)c3cccc(C(=O)CCl)c3)cc2)c(Cl)c1O. The van der Waals surface area contributed by atoms with Crippen molar-refractivity contribution in [3.05, 3.63) is 93.5 Å². The lowest BCUT2D eigenvalue weighted by Gasteiger charge is -2.14. The highest BCUT2D eigenvalue weighted by molar-refractivity contribution is 6.34. The van der Waals surface area contributed by atoms with Gasteiger partial charge in [-0.15, -0.1) is 11.6 Å². The Hall–Kier alpha value is -2.86. The Morgan fingerprint density at radius 2 is 1.74 bits per heavy atom. The number of ketones is 2. The molecule has 0 spiro atoms. The molecular weight excluding hydrogens is 439 g/mol. The number of aliphatic hydroxyl groups is 1. The Labute approximate surface area is 189 Å². The number of hydrogen-bond acceptors (Lipinski definition) is 5. The summed E-state index contributed by atoms with van der Waals surface area (Å²) in [5.74, 6) is -0.663. The minimum atomic E-state index is -0.899. The van der Waals surface area contributed by atoms with Gasteiger partial charge in [0.15, 0.2) is 11.6 Å². The second-order valence-electron chi connectivity index (χ2n) is 6.95. The molecule has 0 aromatic heterocycles. The molecule has 3 aromatic rings. The third kappa shape index (κ3) is 5.25. The number of carbonyl (C=O) groups is 2. The lowest BCUT2D eigenvalue weighted by molar-refractivity contribution is 0.100. The number of carbonyl (C=O) groups excluding carboxylic acids is 2. The second kappa shape index (κ2) is 9.96. The zero-order chi connectivity index (χ0) is 22.5. The van der Waals surface area contributed by atoms with Gasteiger partial charge in [0.2, 0.25) is 0 Å². The number of benzene rings is 3. The van der Waals surface area contributed by atoms with Crippen molar-refractivity contribution >= 4 is 34.8 Å². The topological polar surface area (TPSA) is 83.8 Å². The number of hydrogen-bond donors (Lipinski definition) is 2. The van der Waals surface area contributed by atoms with Gasteiger partial charge in [0, 0.05) is 5.56 Å². The van der Waals surface area contributed by atoms with Crippen molar-refractivity contribution in [3.8, 4) is 11.5 Å². The number of phenols is 1. The van der Waals surface area contributed by atoms with E-state index in [-0.39, 0.29) is 46.1 Å². The normalized spacial score (nSPS) is 11.7. The number of alkyl halides is 1. The van der Waals surface area contributed by atoms with Gasteiger partial charge in [-0.3, -0.25) is 9.59 Å². The summed E-state index contributed by atoms with van der Waals surface area (Å²) in [6, 6.07) is 16.8. The molecule has 0 heterocycles. The summed E-state index contributed by atoms with van der Waals surface area (Å²) in [5.41, 5.74) is 2.64. The quantitative estimate of drug-likeness (QED) is 0.352. The molecule has 0 aliphatic rings.